The van der Waals surface area contributed by atoms with Gasteiger partial charge in [0.25, 0.3) is 0 Å². The van der Waals surface area contributed by atoms with E-state index in [9.17, 15) is 0 Å². The molecule has 3 heteroatoms. The topological polar surface area (TPSA) is 47.6 Å². The quantitative estimate of drug-likeness (QED) is 0.606. The lowest BCUT2D eigenvalue weighted by Gasteiger charge is -2.00. The van der Waals surface area contributed by atoms with E-state index in [2.05, 4.69) is 6.07 Å². The molecular formula is C12H12N2S. The predicted octanol–water partition coefficient (Wildman–Crippen LogP) is 3.65. The highest BCUT2D eigenvalue weighted by Gasteiger charge is 1.96. The second-order valence-corrected chi connectivity index (χ2v) is 4.25. The summed E-state index contributed by atoms with van der Waals surface area (Å²) in [5.74, 6) is 0. The van der Waals surface area contributed by atoms with Gasteiger partial charge in [0.05, 0.1) is 16.7 Å². The van der Waals surface area contributed by atoms with E-state index in [0.717, 1.165) is 11.1 Å². The van der Waals surface area contributed by atoms with Gasteiger partial charge < -0.3 is 0 Å². The second-order valence-electron chi connectivity index (χ2n) is 3.16. The van der Waals surface area contributed by atoms with Crippen molar-refractivity contribution in [2.24, 2.45) is 0 Å². The average molecular weight is 216 g/mol. The molecule has 0 heterocycles. The summed E-state index contributed by atoms with van der Waals surface area (Å²) in [6.07, 6.45) is 0. The van der Waals surface area contributed by atoms with Gasteiger partial charge >= 0.3 is 0 Å². The monoisotopic (exact) mass is 216 g/mol. The van der Waals surface area contributed by atoms with Gasteiger partial charge in [-0.25, -0.2) is 0 Å². The zero-order valence-corrected chi connectivity index (χ0v) is 9.56. The molecule has 0 aliphatic carbocycles. The van der Waals surface area contributed by atoms with Gasteiger partial charge in [0.15, 0.2) is 0 Å². The minimum Gasteiger partial charge on any atom is -0.298 e. The van der Waals surface area contributed by atoms with E-state index in [4.69, 9.17) is 10.7 Å². The number of rotatable bonds is 2. The predicted molar refractivity (Wildman–Crippen MR) is 65.8 cm³/mol. The highest BCUT2D eigenvalue weighted by molar-refractivity contribution is 8.16. The molecule has 2 nitrogen and oxygen atoms in total. The molecule has 1 aromatic carbocycles. The maximum atomic E-state index is 8.65. The lowest BCUT2D eigenvalue weighted by atomic mass is 10.1. The molecule has 0 unspecified atom stereocenters. The number of thioether (sulfide) groups is 1. The first-order valence-corrected chi connectivity index (χ1v) is 5.40. The van der Waals surface area contributed by atoms with Gasteiger partial charge in [0.2, 0.25) is 0 Å². The molecule has 0 radical (unpaired) electrons. The number of hydrogen-bond acceptors (Lipinski definition) is 3. The van der Waals surface area contributed by atoms with Crippen LogP contribution >= 0.6 is 11.8 Å². The molecule has 0 atom stereocenters. The van der Waals surface area contributed by atoms with Gasteiger partial charge in [-0.05, 0) is 42.5 Å². The smallest absolute Gasteiger partial charge is 0.0991 e. The van der Waals surface area contributed by atoms with Crippen molar-refractivity contribution in [3.8, 4) is 6.07 Å². The molecule has 1 rings (SSSR count). The first-order chi connectivity index (χ1) is 7.13. The molecule has 1 N–H and O–H groups in total. The van der Waals surface area contributed by atoms with Crippen LogP contribution in [0.1, 0.15) is 25.0 Å². The maximum absolute atomic E-state index is 8.65. The number of nitrogens with one attached hydrogen (secondary N) is 1. The second kappa shape index (κ2) is 5.38. The van der Waals surface area contributed by atoms with Crippen molar-refractivity contribution in [1.29, 1.82) is 10.7 Å². The Morgan fingerprint density at radius 2 is 1.93 bits per heavy atom. The van der Waals surface area contributed by atoms with Crippen LogP contribution in [0.2, 0.25) is 0 Å². The lowest BCUT2D eigenvalue weighted by molar-refractivity contribution is 1.47. The SMILES string of the molecule is CC(=N)S/C=C(\C)c1ccc(C#N)cc1. The van der Waals surface area contributed by atoms with Crippen LogP contribution < -0.4 is 0 Å². The van der Waals surface area contributed by atoms with Gasteiger partial charge in [-0.1, -0.05) is 23.9 Å². The Labute approximate surface area is 94.1 Å². The number of nitriles is 1. The third kappa shape index (κ3) is 3.61. The molecule has 15 heavy (non-hydrogen) atoms. The molecule has 0 saturated carbocycles. The zero-order valence-electron chi connectivity index (χ0n) is 8.74. The number of nitrogens with zero attached hydrogens (tertiary/aromatic N) is 1. The van der Waals surface area contributed by atoms with E-state index in [0.29, 0.717) is 10.6 Å². The molecule has 0 amide bonds. The molecule has 0 aliphatic rings. The van der Waals surface area contributed by atoms with E-state index in [1.807, 2.05) is 24.5 Å². The summed E-state index contributed by atoms with van der Waals surface area (Å²) in [5.41, 5.74) is 2.86. The van der Waals surface area contributed by atoms with Crippen LogP contribution in [0.3, 0.4) is 0 Å². The van der Waals surface area contributed by atoms with Crippen molar-refractivity contribution < 1.29 is 0 Å². The Kier molecular flexibility index (Phi) is 4.14. The van der Waals surface area contributed by atoms with Gasteiger partial charge in [-0.2, -0.15) is 5.26 Å². The molecule has 1 aromatic rings. The molecule has 76 valence electrons. The van der Waals surface area contributed by atoms with Gasteiger partial charge in [-0.3, -0.25) is 5.41 Å². The van der Waals surface area contributed by atoms with Crippen LogP contribution in [-0.2, 0) is 0 Å². The Hall–Kier alpha value is -1.53. The molecule has 0 aliphatic heterocycles. The van der Waals surface area contributed by atoms with Crippen LogP contribution in [0.25, 0.3) is 5.57 Å². The minimum absolute atomic E-state index is 0.572. The minimum atomic E-state index is 0.572. The summed E-state index contributed by atoms with van der Waals surface area (Å²) in [6, 6.07) is 9.53. The average Bonchev–Trinajstić information content (AvgIpc) is 2.26. The summed E-state index contributed by atoms with van der Waals surface area (Å²) in [5, 5.41) is 18.5. The fourth-order valence-electron chi connectivity index (χ4n) is 1.05. The normalized spacial score (nSPS) is 10.9. The van der Waals surface area contributed by atoms with Crippen LogP contribution in [0.5, 0.6) is 0 Å². The van der Waals surface area contributed by atoms with Gasteiger partial charge in [0, 0.05) is 0 Å². The molecular weight excluding hydrogens is 204 g/mol. The van der Waals surface area contributed by atoms with Crippen molar-refractivity contribution >= 4 is 22.4 Å². The molecule has 0 bridgehead atoms. The van der Waals surface area contributed by atoms with E-state index >= 15 is 0 Å². The van der Waals surface area contributed by atoms with Crippen molar-refractivity contribution in [3.05, 3.63) is 40.8 Å². The fourth-order valence-corrected chi connectivity index (χ4v) is 1.54. The Balaban J connectivity index is 2.83. The van der Waals surface area contributed by atoms with Gasteiger partial charge in [0.1, 0.15) is 0 Å². The summed E-state index contributed by atoms with van der Waals surface area (Å²) in [6.45, 7) is 3.75. The van der Waals surface area contributed by atoms with Crippen LogP contribution in [0.15, 0.2) is 29.7 Å². The van der Waals surface area contributed by atoms with Crippen LogP contribution in [-0.4, -0.2) is 5.04 Å². The third-order valence-electron chi connectivity index (χ3n) is 1.88. The molecule has 0 saturated heterocycles. The van der Waals surface area contributed by atoms with Gasteiger partial charge in [-0.15, -0.1) is 0 Å². The van der Waals surface area contributed by atoms with Crippen LogP contribution in [0, 0.1) is 16.7 Å². The van der Waals surface area contributed by atoms with Crippen LogP contribution in [0.4, 0.5) is 0 Å². The largest absolute Gasteiger partial charge is 0.298 e. The number of allylic oxidation sites excluding steroid dienone is 1. The van der Waals surface area contributed by atoms with Crippen molar-refractivity contribution in [3.63, 3.8) is 0 Å². The third-order valence-corrected chi connectivity index (χ3v) is 2.71. The summed E-state index contributed by atoms with van der Waals surface area (Å²) >= 11 is 1.40. The highest BCUT2D eigenvalue weighted by Crippen LogP contribution is 2.18. The highest BCUT2D eigenvalue weighted by atomic mass is 32.2. The molecule has 0 spiro atoms. The Bertz CT molecular complexity index is 424. The summed E-state index contributed by atoms with van der Waals surface area (Å²) < 4.78 is 0. The van der Waals surface area contributed by atoms with E-state index in [1.165, 1.54) is 11.8 Å². The van der Waals surface area contributed by atoms with Crippen molar-refractivity contribution in [1.82, 2.24) is 0 Å². The maximum Gasteiger partial charge on any atom is 0.0991 e. The number of benzene rings is 1. The first-order valence-electron chi connectivity index (χ1n) is 4.52. The fraction of sp³-hybridized carbons (Fsp3) is 0.167. The Morgan fingerprint density at radius 3 is 2.40 bits per heavy atom. The van der Waals surface area contributed by atoms with E-state index < -0.39 is 0 Å². The Morgan fingerprint density at radius 1 is 1.33 bits per heavy atom. The zero-order chi connectivity index (χ0) is 11.3. The summed E-state index contributed by atoms with van der Waals surface area (Å²) in [4.78, 5) is 0. The lowest BCUT2D eigenvalue weighted by Crippen LogP contribution is -1.81. The molecule has 0 fully saturated rings. The number of hydrogen-bond donors (Lipinski definition) is 1. The van der Waals surface area contributed by atoms with Crippen molar-refractivity contribution in [2.45, 2.75) is 13.8 Å². The summed E-state index contributed by atoms with van der Waals surface area (Å²) in [7, 11) is 0. The van der Waals surface area contributed by atoms with E-state index in [-0.39, 0.29) is 0 Å². The first kappa shape index (κ1) is 11.5. The van der Waals surface area contributed by atoms with Crippen molar-refractivity contribution in [2.75, 3.05) is 0 Å². The molecule has 0 aromatic heterocycles. The van der Waals surface area contributed by atoms with E-state index in [1.54, 1.807) is 19.1 Å². The standard InChI is InChI=1S/C12H12N2S/c1-9(8-15-10(2)14)12-5-3-11(7-13)4-6-12/h3-6,8,14H,1-2H3/b9-8+,14-10?.